The summed E-state index contributed by atoms with van der Waals surface area (Å²) < 4.78 is 38.6. The second-order valence-electron chi connectivity index (χ2n) is 8.82. The highest BCUT2D eigenvalue weighted by Gasteiger charge is 2.20. The van der Waals surface area contributed by atoms with Crippen LogP contribution in [0.4, 0.5) is 11.8 Å². The molecule has 0 bridgehead atoms. The maximum atomic E-state index is 14.2. The van der Waals surface area contributed by atoms with Gasteiger partial charge in [-0.3, -0.25) is 18.5 Å². The van der Waals surface area contributed by atoms with Crippen molar-refractivity contribution in [3.63, 3.8) is 0 Å². The lowest BCUT2D eigenvalue weighted by atomic mass is 9.98. The molecule has 5 rings (SSSR count). The third-order valence-corrected chi connectivity index (χ3v) is 6.07. The number of rotatable bonds is 6. The molecule has 0 radical (unpaired) electrons. The number of nitrogens with two attached hydrogens (primary N) is 1. The third kappa shape index (κ3) is 6.85. The van der Waals surface area contributed by atoms with Crippen LogP contribution >= 0.6 is 0 Å². The van der Waals surface area contributed by atoms with Gasteiger partial charge in [0.1, 0.15) is 17.5 Å². The van der Waals surface area contributed by atoms with E-state index < -0.39 is 16.4 Å². The highest BCUT2D eigenvalue weighted by atomic mass is 32.3. The van der Waals surface area contributed by atoms with Gasteiger partial charge in [0.15, 0.2) is 0 Å². The molecule has 0 unspecified atom stereocenters. The van der Waals surface area contributed by atoms with E-state index in [0.29, 0.717) is 28.5 Å². The molecule has 0 aliphatic rings. The van der Waals surface area contributed by atoms with Gasteiger partial charge in [-0.2, -0.15) is 18.7 Å². The molecular formula is C28H25N7O6S. The van der Waals surface area contributed by atoms with Gasteiger partial charge in [-0.1, -0.05) is 36.4 Å². The largest absolute Gasteiger partial charge is 0.481 e. The zero-order chi connectivity index (χ0) is 30.4. The van der Waals surface area contributed by atoms with Crippen LogP contribution in [-0.2, 0) is 10.4 Å². The standard InChI is InChI=1S/C28H23N7O2.H2O4S/c1-17(33-26-20(15-29)16-32-28(30)34-26)23-13-19-7-6-10-22(18-11-12-31-24(14-18)37-2)25(19)27(36)35(23)21-8-4-3-5-9-21;1-5(2,3)4/h3-14,16-17H,1-2H3,(H3,30,32,33,34);(H2,1,2,3,4)/t17-;/m0./s1. The summed E-state index contributed by atoms with van der Waals surface area (Å²) in [5, 5.41) is 14.1. The number of nitrogens with zero attached hydrogens (tertiary/aromatic N) is 5. The number of aromatic nitrogens is 4. The molecule has 0 amide bonds. The number of para-hydroxylation sites is 1. The van der Waals surface area contributed by atoms with Gasteiger partial charge in [0.05, 0.1) is 24.7 Å². The minimum atomic E-state index is -4.67. The number of benzene rings is 2. The summed E-state index contributed by atoms with van der Waals surface area (Å²) in [5.74, 6) is 0.808. The lowest BCUT2D eigenvalue weighted by molar-refractivity contribution is 0.381. The second kappa shape index (κ2) is 12.4. The second-order valence-corrected chi connectivity index (χ2v) is 9.71. The normalized spacial score (nSPS) is 11.6. The van der Waals surface area contributed by atoms with Crippen molar-refractivity contribution in [2.24, 2.45) is 0 Å². The van der Waals surface area contributed by atoms with Gasteiger partial charge in [0, 0.05) is 23.6 Å². The molecular weight excluding hydrogens is 562 g/mol. The molecule has 0 aliphatic carbocycles. The Balaban J connectivity index is 0.000000748. The van der Waals surface area contributed by atoms with Gasteiger partial charge in [-0.15, -0.1) is 0 Å². The summed E-state index contributed by atoms with van der Waals surface area (Å²) in [6.45, 7) is 1.90. The fourth-order valence-corrected chi connectivity index (χ4v) is 4.34. The summed E-state index contributed by atoms with van der Waals surface area (Å²) in [4.78, 5) is 26.5. The predicted molar refractivity (Wildman–Crippen MR) is 157 cm³/mol. The van der Waals surface area contributed by atoms with E-state index in [0.717, 1.165) is 16.5 Å². The van der Waals surface area contributed by atoms with Crippen LogP contribution in [0.3, 0.4) is 0 Å². The minimum absolute atomic E-state index is 0.0464. The van der Waals surface area contributed by atoms with Crippen LogP contribution in [0.1, 0.15) is 24.2 Å². The fraction of sp³-hybridized carbons (Fsp3) is 0.107. The molecule has 3 heterocycles. The minimum Gasteiger partial charge on any atom is -0.481 e. The van der Waals surface area contributed by atoms with E-state index in [1.54, 1.807) is 17.9 Å². The quantitative estimate of drug-likeness (QED) is 0.209. The van der Waals surface area contributed by atoms with Crippen LogP contribution in [0.25, 0.3) is 27.6 Å². The summed E-state index contributed by atoms with van der Waals surface area (Å²) in [6, 6.07) is 22.5. The van der Waals surface area contributed by atoms with Gasteiger partial charge in [0.2, 0.25) is 11.8 Å². The summed E-state index contributed by atoms with van der Waals surface area (Å²) in [6.07, 6.45) is 3.03. The molecule has 0 aliphatic heterocycles. The molecule has 2 aromatic carbocycles. The first-order chi connectivity index (χ1) is 20.0. The maximum Gasteiger partial charge on any atom is 0.394 e. The highest BCUT2D eigenvalue weighted by molar-refractivity contribution is 7.79. The van der Waals surface area contributed by atoms with Gasteiger partial charge in [-0.25, -0.2) is 9.97 Å². The average molecular weight is 588 g/mol. The van der Waals surface area contributed by atoms with Gasteiger partial charge in [-0.05, 0) is 47.7 Å². The zero-order valence-electron chi connectivity index (χ0n) is 22.3. The Labute approximate surface area is 240 Å². The Morgan fingerprint density at radius 2 is 1.79 bits per heavy atom. The smallest absolute Gasteiger partial charge is 0.394 e. The van der Waals surface area contributed by atoms with Crippen LogP contribution in [0.2, 0.25) is 0 Å². The first-order valence-electron chi connectivity index (χ1n) is 12.2. The average Bonchev–Trinajstić information content (AvgIpc) is 2.96. The zero-order valence-corrected chi connectivity index (χ0v) is 23.1. The van der Waals surface area contributed by atoms with Crippen molar-refractivity contribution in [3.8, 4) is 28.8 Å². The lowest BCUT2D eigenvalue weighted by Crippen LogP contribution is -2.26. The topological polar surface area (TPSA) is 206 Å². The highest BCUT2D eigenvalue weighted by Crippen LogP contribution is 2.31. The number of ether oxygens (including phenoxy) is 1. The van der Waals surface area contributed by atoms with Crippen LogP contribution in [0.15, 0.2) is 83.9 Å². The Morgan fingerprint density at radius 1 is 1.07 bits per heavy atom. The van der Waals surface area contributed by atoms with Gasteiger partial charge < -0.3 is 15.8 Å². The van der Waals surface area contributed by atoms with Crippen molar-refractivity contribution in [2.45, 2.75) is 13.0 Å². The van der Waals surface area contributed by atoms with Crippen LogP contribution < -0.4 is 21.3 Å². The Morgan fingerprint density at radius 3 is 2.45 bits per heavy atom. The van der Waals surface area contributed by atoms with Crippen LogP contribution in [0, 0.1) is 11.3 Å². The number of hydrogen-bond donors (Lipinski definition) is 4. The number of hydrogen-bond acceptors (Lipinski definition) is 10. The van der Waals surface area contributed by atoms with Gasteiger partial charge >= 0.3 is 10.4 Å². The molecule has 214 valence electrons. The number of pyridine rings is 2. The van der Waals surface area contributed by atoms with E-state index in [1.165, 1.54) is 6.20 Å². The summed E-state index contributed by atoms with van der Waals surface area (Å²) in [5.41, 5.74) is 8.84. The van der Waals surface area contributed by atoms with E-state index in [1.807, 2.05) is 73.7 Å². The van der Waals surface area contributed by atoms with Crippen molar-refractivity contribution in [1.29, 1.82) is 5.26 Å². The van der Waals surface area contributed by atoms with E-state index in [4.69, 9.17) is 28.0 Å². The number of methoxy groups -OCH3 is 1. The molecule has 5 N–H and O–H groups in total. The van der Waals surface area contributed by atoms with Crippen molar-refractivity contribution in [3.05, 3.63) is 101 Å². The third-order valence-electron chi connectivity index (χ3n) is 6.07. The summed E-state index contributed by atoms with van der Waals surface area (Å²) >= 11 is 0. The van der Waals surface area contributed by atoms with Crippen molar-refractivity contribution in [2.75, 3.05) is 18.2 Å². The van der Waals surface area contributed by atoms with Crippen molar-refractivity contribution in [1.82, 2.24) is 19.5 Å². The number of nitriles is 1. The lowest BCUT2D eigenvalue weighted by Gasteiger charge is -2.22. The Hall–Kier alpha value is -5.36. The van der Waals surface area contributed by atoms with E-state index in [-0.39, 0.29) is 17.1 Å². The molecule has 1 atom stereocenters. The fourth-order valence-electron chi connectivity index (χ4n) is 4.34. The van der Waals surface area contributed by atoms with Crippen molar-refractivity contribution < 1.29 is 22.3 Å². The van der Waals surface area contributed by atoms with Crippen molar-refractivity contribution >= 4 is 32.9 Å². The molecule has 0 saturated heterocycles. The maximum absolute atomic E-state index is 14.2. The van der Waals surface area contributed by atoms with Crippen LogP contribution in [-0.4, -0.2) is 44.2 Å². The van der Waals surface area contributed by atoms with E-state index >= 15 is 0 Å². The molecule has 13 nitrogen and oxygen atoms in total. The molecule has 0 fully saturated rings. The number of nitrogen functional groups attached to an aromatic ring is 1. The number of fused-ring (bicyclic) bond motifs is 1. The molecule has 42 heavy (non-hydrogen) atoms. The molecule has 5 aromatic rings. The first-order valence-corrected chi connectivity index (χ1v) is 13.6. The van der Waals surface area contributed by atoms with Gasteiger partial charge in [0.25, 0.3) is 5.56 Å². The van der Waals surface area contributed by atoms with E-state index in [9.17, 15) is 10.1 Å². The molecule has 14 heteroatoms. The number of nitrogens with one attached hydrogen (secondary N) is 1. The van der Waals surface area contributed by atoms with E-state index in [2.05, 4.69) is 26.3 Å². The Kier molecular flexibility index (Phi) is 8.77. The number of anilines is 2. The monoisotopic (exact) mass is 587 g/mol. The molecule has 3 aromatic heterocycles. The molecule has 0 spiro atoms. The Bertz CT molecular complexity index is 1950. The first kappa shape index (κ1) is 29.6. The summed E-state index contributed by atoms with van der Waals surface area (Å²) in [7, 11) is -3.11. The predicted octanol–water partition coefficient (Wildman–Crippen LogP) is 3.83. The molecule has 0 saturated carbocycles. The van der Waals surface area contributed by atoms with Crippen LogP contribution in [0.5, 0.6) is 5.88 Å². The SMILES string of the molecule is COc1cc(-c2cccc3cc([C@H](C)Nc4nc(N)ncc4C#N)n(-c4ccccc4)c(=O)c23)ccn1.O=S(=O)(O)O.